The molecule has 0 aliphatic heterocycles. The highest BCUT2D eigenvalue weighted by Crippen LogP contribution is 2.34. The van der Waals surface area contributed by atoms with Gasteiger partial charge >= 0.3 is 11.7 Å². The third kappa shape index (κ3) is 3.77. The molecule has 0 aliphatic carbocycles. The summed E-state index contributed by atoms with van der Waals surface area (Å²) in [6.45, 7) is 1.57. The lowest BCUT2D eigenvalue weighted by Gasteiger charge is -2.09. The Kier molecular flexibility index (Phi) is 5.12. The summed E-state index contributed by atoms with van der Waals surface area (Å²) in [6.07, 6.45) is 3.09. The Balaban J connectivity index is 1.99. The van der Waals surface area contributed by atoms with Crippen LogP contribution in [0.1, 0.15) is 12.5 Å². The molecule has 0 amide bonds. The van der Waals surface area contributed by atoms with Crippen LogP contribution < -0.4 is 9.47 Å². The first kappa shape index (κ1) is 18.1. The molecule has 3 rings (SSSR count). The summed E-state index contributed by atoms with van der Waals surface area (Å²) in [5, 5.41) is 12.0. The maximum absolute atomic E-state index is 12.6. The zero-order chi connectivity index (χ0) is 19.4. The first-order valence-corrected chi connectivity index (χ1v) is 8.07. The number of rotatable bonds is 5. The van der Waals surface area contributed by atoms with Crippen LogP contribution in [0.3, 0.4) is 0 Å². The standard InChI is InChI=1S/C20H16N2O5/c1-13(12-15-6-3-4-8-17(15)26-2)20(23)27-19-16(22(24)25)10-9-14-7-5-11-21-18(14)19/h3-12H,1-2H3/b13-12+. The van der Waals surface area contributed by atoms with E-state index in [0.717, 1.165) is 0 Å². The summed E-state index contributed by atoms with van der Waals surface area (Å²) in [7, 11) is 1.53. The Morgan fingerprint density at radius 1 is 1.15 bits per heavy atom. The average Bonchev–Trinajstić information content (AvgIpc) is 2.68. The first-order chi connectivity index (χ1) is 13.0. The van der Waals surface area contributed by atoms with Gasteiger partial charge in [0.2, 0.25) is 5.75 Å². The van der Waals surface area contributed by atoms with Crippen LogP contribution in [-0.4, -0.2) is 23.0 Å². The number of hydrogen-bond acceptors (Lipinski definition) is 6. The molecule has 1 aromatic heterocycles. The third-order valence-corrected chi connectivity index (χ3v) is 3.93. The molecule has 0 aliphatic rings. The van der Waals surface area contributed by atoms with Gasteiger partial charge in [0.15, 0.2) is 0 Å². The molecule has 0 N–H and O–H groups in total. The van der Waals surface area contributed by atoms with Crippen LogP contribution in [0.5, 0.6) is 11.5 Å². The van der Waals surface area contributed by atoms with Crippen LogP contribution in [0, 0.1) is 10.1 Å². The van der Waals surface area contributed by atoms with Crippen LogP contribution in [0.2, 0.25) is 0 Å². The van der Waals surface area contributed by atoms with Gasteiger partial charge in [-0.25, -0.2) is 4.79 Å². The van der Waals surface area contributed by atoms with Crippen molar-refractivity contribution in [1.82, 2.24) is 4.98 Å². The molecule has 0 radical (unpaired) electrons. The highest BCUT2D eigenvalue weighted by molar-refractivity contribution is 5.98. The number of para-hydroxylation sites is 1. The number of carbonyl (C=O) groups is 1. The minimum atomic E-state index is -0.706. The van der Waals surface area contributed by atoms with Crippen molar-refractivity contribution in [2.24, 2.45) is 0 Å². The fourth-order valence-electron chi connectivity index (χ4n) is 2.60. The van der Waals surface area contributed by atoms with E-state index < -0.39 is 10.9 Å². The molecule has 0 saturated heterocycles. The number of fused-ring (bicyclic) bond motifs is 1. The Labute approximate surface area is 155 Å². The van der Waals surface area contributed by atoms with E-state index in [1.165, 1.54) is 19.4 Å². The van der Waals surface area contributed by atoms with Crippen LogP contribution in [-0.2, 0) is 4.79 Å². The zero-order valence-electron chi connectivity index (χ0n) is 14.7. The van der Waals surface area contributed by atoms with E-state index >= 15 is 0 Å². The lowest BCUT2D eigenvalue weighted by molar-refractivity contribution is -0.385. The second kappa shape index (κ2) is 7.65. The molecule has 27 heavy (non-hydrogen) atoms. The third-order valence-electron chi connectivity index (χ3n) is 3.93. The number of nitro groups is 1. The Morgan fingerprint density at radius 3 is 2.67 bits per heavy atom. The molecule has 0 saturated carbocycles. The summed E-state index contributed by atoms with van der Waals surface area (Å²) < 4.78 is 10.6. The summed E-state index contributed by atoms with van der Waals surface area (Å²) >= 11 is 0. The lowest BCUT2D eigenvalue weighted by Crippen LogP contribution is -2.11. The predicted octanol–water partition coefficient (Wildman–Crippen LogP) is 4.16. The van der Waals surface area contributed by atoms with E-state index in [1.54, 1.807) is 43.3 Å². The minimum Gasteiger partial charge on any atom is -0.496 e. The van der Waals surface area contributed by atoms with Crippen LogP contribution in [0.4, 0.5) is 5.69 Å². The molecule has 0 atom stereocenters. The molecular weight excluding hydrogens is 348 g/mol. The first-order valence-electron chi connectivity index (χ1n) is 8.07. The summed E-state index contributed by atoms with van der Waals surface area (Å²) in [6, 6.07) is 13.5. The molecule has 0 unspecified atom stereocenters. The van der Waals surface area contributed by atoms with Gasteiger partial charge in [0, 0.05) is 28.8 Å². The summed E-state index contributed by atoms with van der Waals surface area (Å²) in [5.41, 5.74) is 0.895. The number of aromatic nitrogens is 1. The largest absolute Gasteiger partial charge is 0.496 e. The van der Waals surface area contributed by atoms with Crippen molar-refractivity contribution >= 4 is 28.6 Å². The van der Waals surface area contributed by atoms with Crippen molar-refractivity contribution in [2.75, 3.05) is 7.11 Å². The fraction of sp³-hybridized carbons (Fsp3) is 0.100. The monoisotopic (exact) mass is 364 g/mol. The van der Waals surface area contributed by atoms with Gasteiger partial charge in [-0.2, -0.15) is 0 Å². The highest BCUT2D eigenvalue weighted by Gasteiger charge is 2.23. The van der Waals surface area contributed by atoms with Crippen molar-refractivity contribution in [3.05, 3.63) is 76.0 Å². The second-order valence-corrected chi connectivity index (χ2v) is 5.70. The van der Waals surface area contributed by atoms with Crippen molar-refractivity contribution in [3.63, 3.8) is 0 Å². The molecule has 2 aromatic carbocycles. The van der Waals surface area contributed by atoms with Crippen molar-refractivity contribution in [3.8, 4) is 11.5 Å². The van der Waals surface area contributed by atoms with Gasteiger partial charge in [0.05, 0.1) is 12.0 Å². The van der Waals surface area contributed by atoms with Gasteiger partial charge in [-0.05, 0) is 31.2 Å². The van der Waals surface area contributed by atoms with Gasteiger partial charge in [-0.15, -0.1) is 0 Å². The number of carbonyl (C=O) groups excluding carboxylic acids is 1. The lowest BCUT2D eigenvalue weighted by atomic mass is 10.1. The SMILES string of the molecule is COc1ccccc1/C=C(\C)C(=O)Oc1c([N+](=O)[O-])ccc2cccnc12. The van der Waals surface area contributed by atoms with Gasteiger partial charge < -0.3 is 9.47 Å². The van der Waals surface area contributed by atoms with E-state index in [9.17, 15) is 14.9 Å². The van der Waals surface area contributed by atoms with E-state index in [1.807, 2.05) is 12.1 Å². The topological polar surface area (TPSA) is 91.6 Å². The predicted molar refractivity (Wildman–Crippen MR) is 101 cm³/mol. The number of nitrogens with zero attached hydrogens (tertiary/aromatic N) is 2. The van der Waals surface area contributed by atoms with Crippen molar-refractivity contribution < 1.29 is 19.2 Å². The van der Waals surface area contributed by atoms with Gasteiger partial charge in [0.1, 0.15) is 11.3 Å². The Hall–Kier alpha value is -3.74. The maximum Gasteiger partial charge on any atom is 0.339 e. The van der Waals surface area contributed by atoms with Crippen LogP contribution >= 0.6 is 0 Å². The zero-order valence-corrected chi connectivity index (χ0v) is 14.7. The van der Waals surface area contributed by atoms with Gasteiger partial charge in [-0.1, -0.05) is 24.3 Å². The normalized spacial score (nSPS) is 11.3. The Morgan fingerprint density at radius 2 is 1.93 bits per heavy atom. The maximum atomic E-state index is 12.6. The number of methoxy groups -OCH3 is 1. The highest BCUT2D eigenvalue weighted by atomic mass is 16.6. The molecule has 136 valence electrons. The second-order valence-electron chi connectivity index (χ2n) is 5.70. The summed E-state index contributed by atoms with van der Waals surface area (Å²) in [5.74, 6) is -0.277. The van der Waals surface area contributed by atoms with E-state index in [2.05, 4.69) is 4.98 Å². The molecule has 0 spiro atoms. The number of esters is 1. The van der Waals surface area contributed by atoms with Gasteiger partial charge in [0.25, 0.3) is 0 Å². The van der Waals surface area contributed by atoms with Gasteiger partial charge in [-0.3, -0.25) is 15.1 Å². The molecular formula is C20H16N2O5. The fourth-order valence-corrected chi connectivity index (χ4v) is 2.60. The van der Waals surface area contributed by atoms with E-state index in [-0.39, 0.29) is 22.5 Å². The molecule has 0 bridgehead atoms. The smallest absolute Gasteiger partial charge is 0.339 e. The minimum absolute atomic E-state index is 0.170. The number of hydrogen-bond donors (Lipinski definition) is 0. The van der Waals surface area contributed by atoms with Crippen molar-refractivity contribution in [2.45, 2.75) is 6.92 Å². The molecule has 7 nitrogen and oxygen atoms in total. The molecule has 0 fully saturated rings. The number of nitro benzene ring substituents is 1. The van der Waals surface area contributed by atoms with E-state index in [4.69, 9.17) is 9.47 Å². The Bertz CT molecular complexity index is 1060. The van der Waals surface area contributed by atoms with E-state index in [0.29, 0.717) is 16.7 Å². The number of benzene rings is 2. The average molecular weight is 364 g/mol. The molecule has 7 heteroatoms. The molecule has 3 aromatic rings. The van der Waals surface area contributed by atoms with Crippen molar-refractivity contribution in [1.29, 1.82) is 0 Å². The molecule has 1 heterocycles. The van der Waals surface area contributed by atoms with Crippen LogP contribution in [0.15, 0.2) is 60.3 Å². The quantitative estimate of drug-likeness (QED) is 0.222. The number of pyridine rings is 1. The van der Waals surface area contributed by atoms with Crippen LogP contribution in [0.25, 0.3) is 17.0 Å². The summed E-state index contributed by atoms with van der Waals surface area (Å²) in [4.78, 5) is 27.4. The number of ether oxygens (including phenoxy) is 2.